The SMILES string of the molecule is C1CCCC1.[CH3-].[Ru+3].[S-]c1ccccc1[PH+](c1ccccc1)c1ccccc1[S-]. The van der Waals surface area contributed by atoms with E-state index in [0.29, 0.717) is 0 Å². The summed E-state index contributed by atoms with van der Waals surface area (Å²) in [6, 6.07) is 27.0. The third-order valence-corrected chi connectivity index (χ3v) is 8.56. The molecule has 28 heavy (non-hydrogen) atoms. The Labute approximate surface area is 195 Å². The van der Waals surface area contributed by atoms with E-state index in [0.717, 1.165) is 9.79 Å². The van der Waals surface area contributed by atoms with Crippen LogP contribution in [0.2, 0.25) is 0 Å². The first-order valence-electron chi connectivity index (χ1n) is 9.22. The molecule has 1 radical (unpaired) electrons. The van der Waals surface area contributed by atoms with E-state index in [4.69, 9.17) is 25.3 Å². The zero-order valence-corrected chi connectivity index (χ0v) is 20.6. The molecule has 1 fully saturated rings. The van der Waals surface area contributed by atoms with E-state index in [1.165, 1.54) is 48.0 Å². The maximum Gasteiger partial charge on any atom is 3.00 e. The second-order valence-corrected chi connectivity index (χ2v) is 9.79. The molecule has 0 unspecified atom stereocenters. The molecule has 4 heteroatoms. The van der Waals surface area contributed by atoms with Crippen LogP contribution < -0.4 is 15.9 Å². The molecule has 0 N–H and O–H groups in total. The van der Waals surface area contributed by atoms with Crippen molar-refractivity contribution < 1.29 is 19.5 Å². The molecule has 147 valence electrons. The standard InChI is InChI=1S/C18H15PS2.C5H10.CH3.Ru/c20-17-12-6-4-10-15(17)19(14-8-2-1-3-9-14)16-11-5-7-13-18(16)21;1-2-4-5-3-1;;/h1-13,20-21H;1-5H2;1H3;/q;;-1;+3/p-1. The molecule has 0 amide bonds. The summed E-state index contributed by atoms with van der Waals surface area (Å²) in [5, 5.41) is 3.79. The van der Waals surface area contributed by atoms with Crippen LogP contribution in [-0.4, -0.2) is 0 Å². The minimum atomic E-state index is -1.15. The zero-order chi connectivity index (χ0) is 18.2. The van der Waals surface area contributed by atoms with E-state index in [9.17, 15) is 0 Å². The van der Waals surface area contributed by atoms with Crippen LogP contribution in [0.25, 0.3) is 0 Å². The van der Waals surface area contributed by atoms with E-state index in [1.54, 1.807) is 0 Å². The van der Waals surface area contributed by atoms with Gasteiger partial charge >= 0.3 is 19.5 Å². The van der Waals surface area contributed by atoms with Gasteiger partial charge in [-0.25, -0.2) is 0 Å². The van der Waals surface area contributed by atoms with Crippen molar-refractivity contribution in [1.82, 2.24) is 0 Å². The average Bonchev–Trinajstić information content (AvgIpc) is 3.26. The van der Waals surface area contributed by atoms with Crippen LogP contribution in [0.4, 0.5) is 0 Å². The number of hydrogen-bond acceptors (Lipinski definition) is 2. The van der Waals surface area contributed by atoms with Crippen molar-refractivity contribution >= 4 is 49.1 Å². The minimum absolute atomic E-state index is 0. The topological polar surface area (TPSA) is 0 Å². The van der Waals surface area contributed by atoms with E-state index in [1.807, 2.05) is 30.3 Å². The molecule has 0 spiro atoms. The Bertz CT molecular complexity index is 766. The van der Waals surface area contributed by atoms with E-state index in [-0.39, 0.29) is 26.9 Å². The molecule has 3 aromatic carbocycles. The molecule has 3 aromatic rings. The fourth-order valence-corrected chi connectivity index (χ4v) is 6.82. The average molecular weight is 512 g/mol. The van der Waals surface area contributed by atoms with Crippen molar-refractivity contribution in [2.75, 3.05) is 0 Å². The second-order valence-electron chi connectivity index (χ2n) is 6.50. The minimum Gasteiger partial charge on any atom is -0.776 e. The third-order valence-electron chi connectivity index (χ3n) is 4.63. The molecule has 0 bridgehead atoms. The number of hydrogen-bond donors (Lipinski definition) is 0. The van der Waals surface area contributed by atoms with Crippen molar-refractivity contribution in [3.8, 4) is 0 Å². The van der Waals surface area contributed by atoms with Crippen LogP contribution in [0.1, 0.15) is 32.1 Å². The summed E-state index contributed by atoms with van der Waals surface area (Å²) in [6.45, 7) is 0. The van der Waals surface area contributed by atoms with Crippen molar-refractivity contribution in [2.24, 2.45) is 0 Å². The molecule has 0 aliphatic heterocycles. The van der Waals surface area contributed by atoms with Crippen LogP contribution in [0.3, 0.4) is 0 Å². The fraction of sp³-hybridized carbons (Fsp3) is 0.208. The summed E-state index contributed by atoms with van der Waals surface area (Å²) < 4.78 is 0. The molecule has 0 aromatic heterocycles. The van der Waals surface area contributed by atoms with Crippen LogP contribution in [0.15, 0.2) is 88.7 Å². The summed E-state index contributed by atoms with van der Waals surface area (Å²) in [4.78, 5) is 1.85. The summed E-state index contributed by atoms with van der Waals surface area (Å²) in [5.41, 5.74) is 0. The van der Waals surface area contributed by atoms with Crippen LogP contribution in [0.5, 0.6) is 0 Å². The molecule has 1 aliphatic rings. The van der Waals surface area contributed by atoms with Crippen molar-refractivity contribution in [2.45, 2.75) is 41.9 Å². The monoisotopic (exact) mass is 512 g/mol. The maximum absolute atomic E-state index is 5.56. The molecule has 0 saturated heterocycles. The van der Waals surface area contributed by atoms with Gasteiger partial charge in [-0.2, -0.15) is 0 Å². The van der Waals surface area contributed by atoms with E-state index < -0.39 is 7.92 Å². The first-order chi connectivity index (χ1) is 12.8. The van der Waals surface area contributed by atoms with Crippen molar-refractivity contribution in [1.29, 1.82) is 0 Å². The van der Waals surface area contributed by atoms with Gasteiger partial charge in [-0.1, -0.05) is 86.7 Å². The van der Waals surface area contributed by atoms with Crippen LogP contribution in [-0.2, 0) is 44.7 Å². The summed E-state index contributed by atoms with van der Waals surface area (Å²) >= 11 is 11.1. The van der Waals surface area contributed by atoms with Gasteiger partial charge in [0, 0.05) is 0 Å². The first kappa shape index (κ1) is 25.2. The molecule has 1 saturated carbocycles. The Balaban J connectivity index is 0.000000490. The Kier molecular flexibility index (Phi) is 12.0. The summed E-state index contributed by atoms with van der Waals surface area (Å²) in [6.07, 6.45) is 7.50. The Morgan fingerprint density at radius 3 is 1.29 bits per heavy atom. The molecule has 0 heterocycles. The second kappa shape index (κ2) is 13.4. The third kappa shape index (κ3) is 6.89. The van der Waals surface area contributed by atoms with Gasteiger partial charge in [-0.05, 0) is 24.3 Å². The van der Waals surface area contributed by atoms with Crippen molar-refractivity contribution in [3.05, 3.63) is 86.3 Å². The van der Waals surface area contributed by atoms with Gasteiger partial charge in [0.05, 0.1) is 18.5 Å². The smallest absolute Gasteiger partial charge is 0.776 e. The molecule has 4 rings (SSSR count). The van der Waals surface area contributed by atoms with Gasteiger partial charge < -0.3 is 32.7 Å². The predicted molar refractivity (Wildman–Crippen MR) is 127 cm³/mol. The van der Waals surface area contributed by atoms with E-state index >= 15 is 0 Å². The normalized spacial score (nSPS) is 12.3. The van der Waals surface area contributed by atoms with Crippen LogP contribution in [0, 0.1) is 7.43 Å². The molecular weight excluding hydrogens is 484 g/mol. The van der Waals surface area contributed by atoms with Gasteiger partial charge in [0.1, 0.15) is 5.30 Å². The van der Waals surface area contributed by atoms with Gasteiger partial charge in [-0.3, -0.25) is 0 Å². The van der Waals surface area contributed by atoms with Gasteiger partial charge in [0.25, 0.3) is 0 Å². The van der Waals surface area contributed by atoms with Gasteiger partial charge in [0.2, 0.25) is 0 Å². The van der Waals surface area contributed by atoms with Crippen molar-refractivity contribution in [3.63, 3.8) is 0 Å². The quantitative estimate of drug-likeness (QED) is 0.200. The Hall–Kier alpha value is -0.847. The largest absolute Gasteiger partial charge is 3.00 e. The molecule has 0 atom stereocenters. The molecule has 1 aliphatic carbocycles. The van der Waals surface area contributed by atoms with Gasteiger partial charge in [0.15, 0.2) is 0 Å². The van der Waals surface area contributed by atoms with E-state index in [2.05, 4.69) is 48.5 Å². The molecular formula is C24H27PRuS2+. The Morgan fingerprint density at radius 1 is 0.536 bits per heavy atom. The molecule has 0 nitrogen and oxygen atoms in total. The number of benzene rings is 3. The number of rotatable bonds is 3. The maximum atomic E-state index is 5.56. The zero-order valence-electron chi connectivity index (χ0n) is 16.2. The first-order valence-corrected chi connectivity index (χ1v) is 11.5. The van der Waals surface area contributed by atoms with Crippen LogP contribution >= 0.6 is 7.92 Å². The predicted octanol–water partition coefficient (Wildman–Crippen LogP) is 5.39. The Morgan fingerprint density at radius 2 is 0.893 bits per heavy atom. The fourth-order valence-electron chi connectivity index (χ4n) is 3.29. The summed E-state index contributed by atoms with van der Waals surface area (Å²) in [7, 11) is -1.15. The van der Waals surface area contributed by atoms with Gasteiger partial charge in [-0.15, -0.1) is 9.79 Å². The summed E-state index contributed by atoms with van der Waals surface area (Å²) in [5.74, 6) is 0.